The maximum atomic E-state index is 13.1. The van der Waals surface area contributed by atoms with Crippen LogP contribution < -0.4 is 4.74 Å². The number of methoxy groups -OCH3 is 1. The van der Waals surface area contributed by atoms with Gasteiger partial charge >= 0.3 is 0 Å². The van der Waals surface area contributed by atoms with Crippen molar-refractivity contribution in [3.63, 3.8) is 0 Å². The lowest BCUT2D eigenvalue weighted by Crippen LogP contribution is -2.37. The number of hydrogen-bond donors (Lipinski definition) is 1. The molecule has 1 aliphatic heterocycles. The monoisotopic (exact) mass is 457 g/mol. The number of nitrogens with one attached hydrogen (secondary N) is 1. The second kappa shape index (κ2) is 8.08. The third kappa shape index (κ3) is 3.58. The number of fused-ring (bicyclic) bond motifs is 2. The van der Waals surface area contributed by atoms with Crippen molar-refractivity contribution >= 4 is 38.4 Å². The van der Waals surface area contributed by atoms with Gasteiger partial charge < -0.3 is 19.0 Å². The Morgan fingerprint density at radius 1 is 1.15 bits per heavy atom. The number of furan rings is 1. The van der Waals surface area contributed by atoms with Gasteiger partial charge in [-0.05, 0) is 66.8 Å². The zero-order valence-electron chi connectivity index (χ0n) is 18.2. The molecule has 1 N–H and O–H groups in total. The van der Waals surface area contributed by atoms with E-state index >= 15 is 0 Å². The maximum absolute atomic E-state index is 13.1. The third-order valence-corrected chi connectivity index (χ3v) is 7.52. The molecule has 1 aliphatic rings. The molecular formula is C26H23N3O3S. The molecule has 4 heterocycles. The quantitative estimate of drug-likeness (QED) is 0.356. The van der Waals surface area contributed by atoms with E-state index in [-0.39, 0.29) is 5.91 Å². The normalized spacial score (nSPS) is 14.9. The van der Waals surface area contributed by atoms with Crippen LogP contribution in [0, 0.1) is 0 Å². The van der Waals surface area contributed by atoms with Crippen molar-refractivity contribution in [3.05, 3.63) is 72.1 Å². The van der Waals surface area contributed by atoms with E-state index in [1.807, 2.05) is 41.3 Å². The van der Waals surface area contributed by atoms with E-state index in [0.29, 0.717) is 30.5 Å². The fourth-order valence-electron chi connectivity index (χ4n) is 4.68. The van der Waals surface area contributed by atoms with Crippen LogP contribution in [0.15, 0.2) is 65.2 Å². The molecule has 1 saturated heterocycles. The molecule has 33 heavy (non-hydrogen) atoms. The van der Waals surface area contributed by atoms with Crippen molar-refractivity contribution in [2.75, 3.05) is 20.2 Å². The number of thiazole rings is 1. The summed E-state index contributed by atoms with van der Waals surface area (Å²) >= 11 is 1.57. The molecule has 6 nitrogen and oxygen atoms in total. The molecule has 2 aromatic carbocycles. The molecule has 0 atom stereocenters. The van der Waals surface area contributed by atoms with Crippen molar-refractivity contribution in [3.8, 4) is 16.5 Å². The van der Waals surface area contributed by atoms with Gasteiger partial charge in [0.1, 0.15) is 5.75 Å². The van der Waals surface area contributed by atoms with Crippen LogP contribution in [-0.4, -0.2) is 41.0 Å². The average molecular weight is 458 g/mol. The number of ether oxygens (including phenoxy) is 1. The van der Waals surface area contributed by atoms with Crippen molar-refractivity contribution in [2.45, 2.75) is 18.8 Å². The number of para-hydroxylation sites is 1. The number of piperidine rings is 1. The number of amides is 1. The van der Waals surface area contributed by atoms with Crippen molar-refractivity contribution in [2.24, 2.45) is 0 Å². The lowest BCUT2D eigenvalue weighted by molar-refractivity contribution is 0.0682. The fourth-order valence-corrected chi connectivity index (χ4v) is 5.61. The number of carbonyl (C=O) groups excluding carboxylic acids is 1. The van der Waals surface area contributed by atoms with E-state index in [1.165, 1.54) is 10.9 Å². The molecule has 5 aromatic rings. The van der Waals surface area contributed by atoms with Crippen LogP contribution in [0.3, 0.4) is 0 Å². The molecule has 0 saturated carbocycles. The largest absolute Gasteiger partial charge is 0.497 e. The minimum absolute atomic E-state index is 0.0543. The third-order valence-electron chi connectivity index (χ3n) is 6.46. The summed E-state index contributed by atoms with van der Waals surface area (Å²) in [4.78, 5) is 23.0. The van der Waals surface area contributed by atoms with Gasteiger partial charge in [0.2, 0.25) is 0 Å². The first-order valence-corrected chi connectivity index (χ1v) is 11.9. The lowest BCUT2D eigenvalue weighted by atomic mass is 9.89. The summed E-state index contributed by atoms with van der Waals surface area (Å²) in [6.07, 6.45) is 3.94. The van der Waals surface area contributed by atoms with Crippen LogP contribution in [0.4, 0.5) is 0 Å². The van der Waals surface area contributed by atoms with Gasteiger partial charge in [-0.3, -0.25) is 4.79 Å². The standard InChI is InChI=1S/C26H23N3O3S/c1-31-17-6-7-20-18(14-17)19(15-27-20)16-10-12-29(13-11-16)26(30)23-9-8-22(32-23)25-28-21-4-2-3-5-24(21)33-25/h2-9,14-16,27H,10-13H2,1H3. The second-order valence-electron chi connectivity index (χ2n) is 8.37. The topological polar surface area (TPSA) is 71.4 Å². The minimum Gasteiger partial charge on any atom is -0.497 e. The van der Waals surface area contributed by atoms with Gasteiger partial charge in [0.25, 0.3) is 5.91 Å². The molecule has 0 bridgehead atoms. The smallest absolute Gasteiger partial charge is 0.289 e. The molecular weight excluding hydrogens is 434 g/mol. The average Bonchev–Trinajstić information content (AvgIpc) is 3.61. The first-order chi connectivity index (χ1) is 16.2. The van der Waals surface area contributed by atoms with Crippen LogP contribution in [0.25, 0.3) is 31.9 Å². The first kappa shape index (κ1) is 20.1. The van der Waals surface area contributed by atoms with Crippen molar-refractivity contribution in [1.82, 2.24) is 14.9 Å². The van der Waals surface area contributed by atoms with E-state index in [4.69, 9.17) is 9.15 Å². The van der Waals surface area contributed by atoms with E-state index in [2.05, 4.69) is 28.3 Å². The Hall–Kier alpha value is -3.58. The highest BCUT2D eigenvalue weighted by atomic mass is 32.1. The second-order valence-corrected chi connectivity index (χ2v) is 9.40. The van der Waals surface area contributed by atoms with Crippen LogP contribution in [0.5, 0.6) is 5.75 Å². The number of carbonyl (C=O) groups is 1. The zero-order chi connectivity index (χ0) is 22.4. The van der Waals surface area contributed by atoms with Crippen LogP contribution in [0.1, 0.15) is 34.9 Å². The Labute approximate surface area is 194 Å². The molecule has 6 rings (SSSR count). The molecule has 0 radical (unpaired) electrons. The van der Waals surface area contributed by atoms with E-state index < -0.39 is 0 Å². The zero-order valence-corrected chi connectivity index (χ0v) is 19.0. The van der Waals surface area contributed by atoms with Gasteiger partial charge in [0.05, 0.1) is 17.3 Å². The molecule has 0 spiro atoms. The Balaban J connectivity index is 1.16. The Morgan fingerprint density at radius 3 is 2.82 bits per heavy atom. The number of likely N-dealkylation sites (tertiary alicyclic amines) is 1. The van der Waals surface area contributed by atoms with Gasteiger partial charge in [-0.2, -0.15) is 0 Å². The molecule has 166 valence electrons. The summed E-state index contributed by atoms with van der Waals surface area (Å²) in [6, 6.07) is 17.7. The minimum atomic E-state index is -0.0543. The highest BCUT2D eigenvalue weighted by Crippen LogP contribution is 2.36. The predicted molar refractivity (Wildman–Crippen MR) is 130 cm³/mol. The van der Waals surface area contributed by atoms with Crippen LogP contribution >= 0.6 is 11.3 Å². The van der Waals surface area contributed by atoms with E-state index in [1.54, 1.807) is 24.5 Å². The van der Waals surface area contributed by atoms with Gasteiger partial charge in [0.15, 0.2) is 16.5 Å². The fraction of sp³-hybridized carbons (Fsp3) is 0.231. The van der Waals surface area contributed by atoms with Gasteiger partial charge in [-0.25, -0.2) is 4.98 Å². The van der Waals surface area contributed by atoms with E-state index in [0.717, 1.165) is 39.3 Å². The number of H-pyrrole nitrogens is 1. The molecule has 1 amide bonds. The Kier molecular flexibility index (Phi) is 4.91. The Bertz CT molecular complexity index is 1420. The van der Waals surface area contributed by atoms with E-state index in [9.17, 15) is 4.79 Å². The maximum Gasteiger partial charge on any atom is 0.289 e. The molecule has 0 aliphatic carbocycles. The number of aromatic amines is 1. The van der Waals surface area contributed by atoms with Crippen molar-refractivity contribution in [1.29, 1.82) is 0 Å². The molecule has 1 fully saturated rings. The number of aromatic nitrogens is 2. The van der Waals surface area contributed by atoms with Crippen LogP contribution in [0.2, 0.25) is 0 Å². The molecule has 0 unspecified atom stereocenters. The van der Waals surface area contributed by atoms with Gasteiger partial charge in [-0.15, -0.1) is 11.3 Å². The summed E-state index contributed by atoms with van der Waals surface area (Å²) in [5.41, 5.74) is 3.35. The summed E-state index contributed by atoms with van der Waals surface area (Å²) in [7, 11) is 1.69. The predicted octanol–water partition coefficient (Wildman–Crippen LogP) is 6.07. The first-order valence-electron chi connectivity index (χ1n) is 11.1. The number of hydrogen-bond acceptors (Lipinski definition) is 5. The molecule has 3 aromatic heterocycles. The highest BCUT2D eigenvalue weighted by molar-refractivity contribution is 7.21. The number of rotatable bonds is 4. The van der Waals surface area contributed by atoms with Gasteiger partial charge in [0, 0.05) is 30.2 Å². The number of nitrogens with zero attached hydrogens (tertiary/aromatic N) is 2. The summed E-state index contributed by atoms with van der Waals surface area (Å²) < 4.78 is 12.4. The SMILES string of the molecule is COc1ccc2[nH]cc(C3CCN(C(=O)c4ccc(-c5nc6ccccc6s5)o4)CC3)c2c1. The summed E-state index contributed by atoms with van der Waals surface area (Å²) in [6.45, 7) is 1.41. The van der Waals surface area contributed by atoms with Crippen molar-refractivity contribution < 1.29 is 13.9 Å². The summed E-state index contributed by atoms with van der Waals surface area (Å²) in [5.74, 6) is 2.23. The lowest BCUT2D eigenvalue weighted by Gasteiger charge is -2.31. The van der Waals surface area contributed by atoms with Crippen LogP contribution in [-0.2, 0) is 0 Å². The summed E-state index contributed by atoms with van der Waals surface area (Å²) in [5, 5.41) is 1.99. The molecule has 7 heteroatoms. The number of benzene rings is 2. The Morgan fingerprint density at radius 2 is 2.00 bits per heavy atom. The highest BCUT2D eigenvalue weighted by Gasteiger charge is 2.28. The van der Waals surface area contributed by atoms with Gasteiger partial charge in [-0.1, -0.05) is 12.1 Å².